The van der Waals surface area contributed by atoms with Gasteiger partial charge in [-0.2, -0.15) is 0 Å². The van der Waals surface area contributed by atoms with Crippen molar-refractivity contribution in [2.45, 2.75) is 6.92 Å². The van der Waals surface area contributed by atoms with Crippen LogP contribution < -0.4 is 0 Å². The molecular formula is C5H10IOZn-. The standard InChI is InChI=1S/C5H9O.HI.Zn/c1-5(2)3-6-4-5;;/h1,3-4H2,2H3;1H;/q-1;;. The molecule has 0 N–H and O–H groups in total. The van der Waals surface area contributed by atoms with E-state index >= 15 is 0 Å². The summed E-state index contributed by atoms with van der Waals surface area (Å²) < 4.78 is 4.88. The second-order valence-electron chi connectivity index (χ2n) is 2.30. The average molecular weight is 278 g/mol. The molecule has 0 atom stereocenters. The van der Waals surface area contributed by atoms with E-state index in [9.17, 15) is 0 Å². The van der Waals surface area contributed by atoms with E-state index in [1.165, 1.54) is 0 Å². The molecule has 1 aliphatic heterocycles. The predicted molar refractivity (Wildman–Crippen MR) is 39.7 cm³/mol. The minimum absolute atomic E-state index is 0. The van der Waals surface area contributed by atoms with Crippen molar-refractivity contribution in [3.8, 4) is 0 Å². The summed E-state index contributed by atoms with van der Waals surface area (Å²) in [5, 5.41) is 0. The van der Waals surface area contributed by atoms with E-state index in [0.29, 0.717) is 0 Å². The van der Waals surface area contributed by atoms with Crippen LogP contribution in [0.5, 0.6) is 0 Å². The molecule has 0 radical (unpaired) electrons. The predicted octanol–water partition coefficient (Wildman–Crippen LogP) is 1.47. The van der Waals surface area contributed by atoms with Crippen LogP contribution in [0.1, 0.15) is 6.92 Å². The molecule has 3 heteroatoms. The van der Waals surface area contributed by atoms with Gasteiger partial charge in [0.2, 0.25) is 0 Å². The summed E-state index contributed by atoms with van der Waals surface area (Å²) in [5.74, 6) is 0. The van der Waals surface area contributed by atoms with Gasteiger partial charge in [-0.05, 0) is 0 Å². The van der Waals surface area contributed by atoms with E-state index in [1.807, 2.05) is 0 Å². The van der Waals surface area contributed by atoms with Crippen LogP contribution in [0.4, 0.5) is 0 Å². The minimum Gasteiger partial charge on any atom is -0.386 e. The normalized spacial score (nSPS) is 21.8. The first-order chi connectivity index (χ1) is 2.71. The van der Waals surface area contributed by atoms with Crippen LogP contribution in [-0.4, -0.2) is 13.2 Å². The van der Waals surface area contributed by atoms with E-state index in [1.54, 1.807) is 0 Å². The Morgan fingerprint density at radius 1 is 1.50 bits per heavy atom. The minimum atomic E-state index is 0. The molecule has 1 rings (SSSR count). The first-order valence-electron chi connectivity index (χ1n) is 2.14. The van der Waals surface area contributed by atoms with E-state index in [-0.39, 0.29) is 48.9 Å². The molecule has 0 amide bonds. The largest absolute Gasteiger partial charge is 0.386 e. The number of ether oxygens (including phenoxy) is 1. The summed E-state index contributed by atoms with van der Waals surface area (Å²) >= 11 is 0. The van der Waals surface area contributed by atoms with Gasteiger partial charge < -0.3 is 11.7 Å². The number of hydrogen-bond acceptors (Lipinski definition) is 1. The molecular weight excluding hydrogens is 268 g/mol. The van der Waals surface area contributed by atoms with Crippen LogP contribution in [0.3, 0.4) is 0 Å². The first kappa shape index (κ1) is 12.0. The Hall–Kier alpha value is 1.31. The molecule has 1 aliphatic rings. The van der Waals surface area contributed by atoms with Gasteiger partial charge in [0, 0.05) is 32.7 Å². The van der Waals surface area contributed by atoms with E-state index in [0.717, 1.165) is 13.2 Å². The van der Waals surface area contributed by atoms with Gasteiger partial charge in [-0.15, -0.1) is 29.4 Å². The molecule has 1 saturated heterocycles. The molecule has 0 aromatic rings. The van der Waals surface area contributed by atoms with Crippen molar-refractivity contribution in [1.29, 1.82) is 0 Å². The van der Waals surface area contributed by atoms with Crippen molar-refractivity contribution in [3.05, 3.63) is 6.92 Å². The Kier molecular flexibility index (Phi) is 6.29. The Bertz CT molecular complexity index is 59.4. The van der Waals surface area contributed by atoms with Crippen LogP contribution >= 0.6 is 24.0 Å². The van der Waals surface area contributed by atoms with Gasteiger partial charge in [-0.3, -0.25) is 0 Å². The molecule has 0 spiro atoms. The molecule has 1 nitrogen and oxygen atoms in total. The summed E-state index contributed by atoms with van der Waals surface area (Å²) in [5.41, 5.74) is 0.250. The zero-order chi connectivity index (χ0) is 4.62. The maximum absolute atomic E-state index is 4.88. The fraction of sp³-hybridized carbons (Fsp3) is 0.800. The molecule has 0 aliphatic carbocycles. The smallest absolute Gasteiger partial charge is 0.0266 e. The van der Waals surface area contributed by atoms with Crippen molar-refractivity contribution in [3.63, 3.8) is 0 Å². The maximum Gasteiger partial charge on any atom is 0.0266 e. The third-order valence-electron chi connectivity index (χ3n) is 0.901. The van der Waals surface area contributed by atoms with Gasteiger partial charge in [-0.1, -0.05) is 6.92 Å². The van der Waals surface area contributed by atoms with Crippen molar-refractivity contribution in [1.82, 2.24) is 0 Å². The molecule has 0 aromatic heterocycles. The Labute approximate surface area is 80.3 Å². The third-order valence-corrected chi connectivity index (χ3v) is 0.901. The van der Waals surface area contributed by atoms with Crippen molar-refractivity contribution in [2.75, 3.05) is 13.2 Å². The number of rotatable bonds is 0. The molecule has 0 saturated carbocycles. The molecule has 0 aromatic carbocycles. The van der Waals surface area contributed by atoms with Gasteiger partial charge in [-0.25, -0.2) is 0 Å². The number of hydrogen-bond donors (Lipinski definition) is 0. The Balaban J connectivity index is 0. The van der Waals surface area contributed by atoms with Crippen LogP contribution in [-0.2, 0) is 24.2 Å². The van der Waals surface area contributed by atoms with Gasteiger partial charge in [0.05, 0.1) is 0 Å². The van der Waals surface area contributed by atoms with Crippen LogP contribution in [0.15, 0.2) is 0 Å². The summed E-state index contributed by atoms with van der Waals surface area (Å²) in [7, 11) is 0. The second-order valence-corrected chi connectivity index (χ2v) is 2.30. The van der Waals surface area contributed by atoms with Crippen molar-refractivity contribution >= 4 is 24.0 Å². The summed E-state index contributed by atoms with van der Waals surface area (Å²) in [6.07, 6.45) is 0. The molecule has 8 heavy (non-hydrogen) atoms. The first-order valence-corrected chi connectivity index (χ1v) is 2.14. The molecule has 1 heterocycles. The van der Waals surface area contributed by atoms with E-state index < -0.39 is 0 Å². The zero-order valence-electron chi connectivity index (χ0n) is 5.14. The van der Waals surface area contributed by atoms with Crippen molar-refractivity contribution < 1.29 is 24.2 Å². The monoisotopic (exact) mass is 277 g/mol. The van der Waals surface area contributed by atoms with Crippen LogP contribution in [0, 0.1) is 12.3 Å². The summed E-state index contributed by atoms with van der Waals surface area (Å²) in [6.45, 7) is 7.62. The fourth-order valence-electron chi connectivity index (χ4n) is 0.451. The topological polar surface area (TPSA) is 9.23 Å². The van der Waals surface area contributed by atoms with Crippen molar-refractivity contribution in [2.24, 2.45) is 5.41 Å². The summed E-state index contributed by atoms with van der Waals surface area (Å²) in [6, 6.07) is 0. The quantitative estimate of drug-likeness (QED) is 0.370. The summed E-state index contributed by atoms with van der Waals surface area (Å²) in [4.78, 5) is 0. The van der Waals surface area contributed by atoms with Gasteiger partial charge >= 0.3 is 0 Å². The molecule has 46 valence electrons. The zero-order valence-corrected chi connectivity index (χ0v) is 10.4. The fourth-order valence-corrected chi connectivity index (χ4v) is 0.451. The average Bonchev–Trinajstić information content (AvgIpc) is 1.32. The van der Waals surface area contributed by atoms with Crippen LogP contribution in [0.25, 0.3) is 0 Å². The van der Waals surface area contributed by atoms with Gasteiger partial charge in [0.25, 0.3) is 0 Å². The molecule has 1 fully saturated rings. The van der Waals surface area contributed by atoms with E-state index in [2.05, 4.69) is 13.8 Å². The number of halogens is 1. The molecule has 0 bridgehead atoms. The van der Waals surface area contributed by atoms with Crippen LogP contribution in [0.2, 0.25) is 0 Å². The van der Waals surface area contributed by atoms with Gasteiger partial charge in [0.15, 0.2) is 0 Å². The second kappa shape index (κ2) is 4.18. The third kappa shape index (κ3) is 3.36. The Morgan fingerprint density at radius 2 is 1.75 bits per heavy atom. The molecule has 0 unspecified atom stereocenters. The van der Waals surface area contributed by atoms with E-state index in [4.69, 9.17) is 4.74 Å². The maximum atomic E-state index is 4.88. The van der Waals surface area contributed by atoms with Gasteiger partial charge in [0.1, 0.15) is 0 Å². The Morgan fingerprint density at radius 3 is 1.75 bits per heavy atom. The SMILES string of the molecule is I.[CH2-]C1(C)COC1.[Zn].